The van der Waals surface area contributed by atoms with Gasteiger partial charge in [0.1, 0.15) is 22.3 Å². The van der Waals surface area contributed by atoms with Gasteiger partial charge in [0.05, 0.1) is 19.3 Å². The van der Waals surface area contributed by atoms with Crippen LogP contribution < -0.4 is 5.43 Å². The van der Waals surface area contributed by atoms with Gasteiger partial charge in [-0.2, -0.15) is 5.10 Å². The highest BCUT2D eigenvalue weighted by Crippen LogP contribution is 2.26. The molecule has 0 aliphatic carbocycles. The molecule has 1 aliphatic heterocycles. The summed E-state index contributed by atoms with van der Waals surface area (Å²) in [4.78, 5) is 20.8. The maximum absolute atomic E-state index is 10.7. The van der Waals surface area contributed by atoms with Crippen LogP contribution in [-0.4, -0.2) is 51.9 Å². The molecule has 0 bridgehead atoms. The lowest BCUT2D eigenvalue weighted by Gasteiger charge is -2.28. The summed E-state index contributed by atoms with van der Waals surface area (Å²) in [5.74, 6) is 1.78. The summed E-state index contributed by atoms with van der Waals surface area (Å²) in [5, 5.41) is 15.1. The van der Waals surface area contributed by atoms with E-state index >= 15 is 0 Å². The summed E-state index contributed by atoms with van der Waals surface area (Å²) < 4.78 is 10.5. The largest absolute Gasteiger partial charge is 0.433 e. The molecule has 0 saturated carbocycles. The number of furan rings is 1. The number of hydrogen-bond acceptors (Lipinski definition) is 8. The van der Waals surface area contributed by atoms with Crippen molar-refractivity contribution in [2.24, 2.45) is 5.10 Å². The van der Waals surface area contributed by atoms with Crippen LogP contribution in [0.5, 0.6) is 0 Å². The molecule has 0 atom stereocenters. The smallest absolute Gasteiger partial charge is 0.399 e. The zero-order chi connectivity index (χ0) is 17.8. The Labute approximate surface area is 143 Å². The normalized spacial score (nSPS) is 15.3. The number of nitrogens with one attached hydrogen (secondary N) is 1. The number of ether oxygens (including phenoxy) is 1. The number of morpholine rings is 1. The fourth-order valence-electron chi connectivity index (χ4n) is 2.41. The van der Waals surface area contributed by atoms with Gasteiger partial charge in [0.15, 0.2) is 11.6 Å². The van der Waals surface area contributed by atoms with Crippen molar-refractivity contribution < 1.29 is 14.1 Å². The van der Waals surface area contributed by atoms with Gasteiger partial charge in [-0.1, -0.05) is 0 Å². The van der Waals surface area contributed by atoms with Gasteiger partial charge in [-0.15, -0.1) is 0 Å². The van der Waals surface area contributed by atoms with Crippen molar-refractivity contribution in [2.45, 2.75) is 13.8 Å². The molecule has 10 heteroatoms. The van der Waals surface area contributed by atoms with Crippen LogP contribution in [0.3, 0.4) is 0 Å². The Bertz CT molecular complexity index is 797. The highest BCUT2D eigenvalue weighted by molar-refractivity contribution is 5.80. The molecule has 10 nitrogen and oxygen atoms in total. The molecular formula is C15H18N6O4. The van der Waals surface area contributed by atoms with Gasteiger partial charge >= 0.3 is 5.88 Å². The molecule has 25 heavy (non-hydrogen) atoms. The second-order valence-electron chi connectivity index (χ2n) is 5.45. The Kier molecular flexibility index (Phi) is 4.89. The molecule has 3 heterocycles. The number of hydrazone groups is 1. The summed E-state index contributed by atoms with van der Waals surface area (Å²) in [6.45, 7) is 6.58. The number of nitrogens with zero attached hydrogens (tertiary/aromatic N) is 5. The molecule has 0 radical (unpaired) electrons. The first-order valence-corrected chi connectivity index (χ1v) is 7.76. The third kappa shape index (κ3) is 4.10. The van der Waals surface area contributed by atoms with E-state index in [0.717, 1.165) is 18.9 Å². The molecule has 2 aromatic rings. The second-order valence-corrected chi connectivity index (χ2v) is 5.45. The first-order valence-electron chi connectivity index (χ1n) is 7.76. The SMILES string of the molecule is CC(=NNc1cc(-c2ccc([N+](=O)[O-])o2)nc(C)n1)N1CCOCC1. The zero-order valence-corrected chi connectivity index (χ0v) is 13.9. The van der Waals surface area contributed by atoms with Crippen LogP contribution in [0.15, 0.2) is 27.7 Å². The number of amidine groups is 1. The van der Waals surface area contributed by atoms with Crippen LogP contribution in [0, 0.1) is 17.0 Å². The van der Waals surface area contributed by atoms with Crippen molar-refractivity contribution in [3.63, 3.8) is 0 Å². The number of anilines is 1. The highest BCUT2D eigenvalue weighted by Gasteiger charge is 2.15. The fourth-order valence-corrected chi connectivity index (χ4v) is 2.41. The third-order valence-electron chi connectivity index (χ3n) is 3.66. The molecular weight excluding hydrogens is 328 g/mol. The summed E-state index contributed by atoms with van der Waals surface area (Å²) in [7, 11) is 0. The van der Waals surface area contributed by atoms with Crippen molar-refractivity contribution in [1.82, 2.24) is 14.9 Å². The van der Waals surface area contributed by atoms with E-state index in [9.17, 15) is 10.1 Å². The van der Waals surface area contributed by atoms with Gasteiger partial charge in [0.2, 0.25) is 0 Å². The molecule has 1 saturated heterocycles. The summed E-state index contributed by atoms with van der Waals surface area (Å²) in [5.41, 5.74) is 3.35. The van der Waals surface area contributed by atoms with Gasteiger partial charge in [0, 0.05) is 19.2 Å². The predicted octanol–water partition coefficient (Wildman–Crippen LogP) is 2.03. The quantitative estimate of drug-likeness (QED) is 0.386. The van der Waals surface area contributed by atoms with E-state index in [1.165, 1.54) is 12.1 Å². The first-order chi connectivity index (χ1) is 12.0. The van der Waals surface area contributed by atoms with Crippen LogP contribution in [0.2, 0.25) is 0 Å². The molecule has 1 aliphatic rings. The van der Waals surface area contributed by atoms with Crippen molar-refractivity contribution in [3.8, 4) is 11.5 Å². The molecule has 1 fully saturated rings. The van der Waals surface area contributed by atoms with Gasteiger partial charge in [-0.3, -0.25) is 15.5 Å². The van der Waals surface area contributed by atoms with E-state index in [-0.39, 0.29) is 5.88 Å². The van der Waals surface area contributed by atoms with Crippen LogP contribution in [0.4, 0.5) is 11.7 Å². The summed E-state index contributed by atoms with van der Waals surface area (Å²) in [6.07, 6.45) is 0. The molecule has 0 unspecified atom stereocenters. The van der Waals surface area contributed by atoms with Crippen molar-refractivity contribution in [3.05, 3.63) is 34.1 Å². The van der Waals surface area contributed by atoms with E-state index in [1.54, 1.807) is 13.0 Å². The van der Waals surface area contributed by atoms with E-state index in [2.05, 4.69) is 25.4 Å². The van der Waals surface area contributed by atoms with Crippen LogP contribution in [0.25, 0.3) is 11.5 Å². The minimum Gasteiger partial charge on any atom is -0.399 e. The predicted molar refractivity (Wildman–Crippen MR) is 90.2 cm³/mol. The fraction of sp³-hybridized carbons (Fsp3) is 0.400. The van der Waals surface area contributed by atoms with Crippen molar-refractivity contribution in [2.75, 3.05) is 31.7 Å². The monoisotopic (exact) mass is 346 g/mol. The van der Waals surface area contributed by atoms with E-state index in [1.807, 2.05) is 6.92 Å². The highest BCUT2D eigenvalue weighted by atomic mass is 16.6. The molecule has 0 amide bonds. The topological polar surface area (TPSA) is 119 Å². The lowest BCUT2D eigenvalue weighted by molar-refractivity contribution is -0.401. The standard InChI is InChI=1S/C15H18N6O4/c1-10-16-12(13-3-4-15(25-13)21(22)23)9-14(17-10)19-18-11(2)20-5-7-24-8-6-20/h3-4,9H,5-8H2,1-2H3,(H,16,17,19). The molecule has 2 aromatic heterocycles. The van der Waals surface area contributed by atoms with Gasteiger partial charge in [-0.25, -0.2) is 9.97 Å². The number of aromatic nitrogens is 2. The Morgan fingerprint density at radius 2 is 2.12 bits per heavy atom. The van der Waals surface area contributed by atoms with E-state index in [0.29, 0.717) is 36.3 Å². The lowest BCUT2D eigenvalue weighted by atomic mass is 10.3. The Balaban J connectivity index is 1.77. The summed E-state index contributed by atoms with van der Waals surface area (Å²) in [6, 6.07) is 4.43. The number of aryl methyl sites for hydroxylation is 1. The van der Waals surface area contributed by atoms with Crippen LogP contribution >= 0.6 is 0 Å². The zero-order valence-electron chi connectivity index (χ0n) is 13.9. The maximum atomic E-state index is 10.7. The minimum absolute atomic E-state index is 0.300. The number of rotatable bonds is 4. The van der Waals surface area contributed by atoms with E-state index in [4.69, 9.17) is 9.15 Å². The Morgan fingerprint density at radius 1 is 1.36 bits per heavy atom. The molecule has 0 spiro atoms. The van der Waals surface area contributed by atoms with Crippen molar-refractivity contribution >= 4 is 17.5 Å². The lowest BCUT2D eigenvalue weighted by Crippen LogP contribution is -2.39. The third-order valence-corrected chi connectivity index (χ3v) is 3.66. The van der Waals surface area contributed by atoms with Gasteiger partial charge in [0.25, 0.3) is 0 Å². The Hall–Kier alpha value is -3.01. The average molecular weight is 346 g/mol. The molecule has 3 rings (SSSR count). The summed E-state index contributed by atoms with van der Waals surface area (Å²) >= 11 is 0. The maximum Gasteiger partial charge on any atom is 0.433 e. The molecule has 132 valence electrons. The van der Waals surface area contributed by atoms with Gasteiger partial charge < -0.3 is 14.1 Å². The molecule has 0 aromatic carbocycles. The second kappa shape index (κ2) is 7.26. The van der Waals surface area contributed by atoms with Crippen molar-refractivity contribution in [1.29, 1.82) is 0 Å². The molecule has 1 N–H and O–H groups in total. The van der Waals surface area contributed by atoms with Crippen LogP contribution in [-0.2, 0) is 4.74 Å². The van der Waals surface area contributed by atoms with Crippen LogP contribution in [0.1, 0.15) is 12.7 Å². The Morgan fingerprint density at radius 3 is 2.80 bits per heavy atom. The first kappa shape index (κ1) is 16.8. The number of nitro groups is 1. The van der Waals surface area contributed by atoms with Gasteiger partial charge in [-0.05, 0) is 19.9 Å². The average Bonchev–Trinajstić information content (AvgIpc) is 3.10. The van der Waals surface area contributed by atoms with E-state index < -0.39 is 4.92 Å². The minimum atomic E-state index is -0.591. The number of hydrogen-bond donors (Lipinski definition) is 1.